The molecule has 0 radical (unpaired) electrons. The molecule has 4 unspecified atom stereocenters. The normalized spacial score (nSPS) is 46.7. The summed E-state index contributed by atoms with van der Waals surface area (Å²) in [7, 11) is 0.625. The van der Waals surface area contributed by atoms with Crippen LogP contribution in [0.5, 0.6) is 0 Å². The molecule has 0 aromatic rings. The summed E-state index contributed by atoms with van der Waals surface area (Å²) in [6.07, 6.45) is -1.03. The van der Waals surface area contributed by atoms with E-state index in [2.05, 4.69) is 4.74 Å². The summed E-state index contributed by atoms with van der Waals surface area (Å²) >= 11 is 0. The zero-order valence-corrected chi connectivity index (χ0v) is 11.9. The summed E-state index contributed by atoms with van der Waals surface area (Å²) < 4.78 is 79.1. The highest BCUT2D eigenvalue weighted by Gasteiger charge is 2.88. The van der Waals surface area contributed by atoms with Crippen LogP contribution in [-0.4, -0.2) is 30.6 Å². The molecule has 7 heteroatoms. The molecular formula is C14H17F5O2. The van der Waals surface area contributed by atoms with Crippen molar-refractivity contribution in [2.24, 2.45) is 17.3 Å². The van der Waals surface area contributed by atoms with E-state index >= 15 is 0 Å². The van der Waals surface area contributed by atoms with E-state index in [1.165, 1.54) is 0 Å². The van der Waals surface area contributed by atoms with Crippen LogP contribution in [0.2, 0.25) is 0 Å². The van der Waals surface area contributed by atoms with Crippen molar-refractivity contribution in [3.63, 3.8) is 0 Å². The predicted molar refractivity (Wildman–Crippen MR) is 63.7 cm³/mol. The number of halogens is 5. The second-order valence-electron chi connectivity index (χ2n) is 6.70. The molecule has 1 spiro atoms. The summed E-state index contributed by atoms with van der Waals surface area (Å²) in [5.41, 5.74) is -3.54. The molecule has 2 nitrogen and oxygen atoms in total. The molecule has 1 saturated heterocycles. The number of rotatable bonds is 1. The maximum absolute atomic E-state index is 14.8. The summed E-state index contributed by atoms with van der Waals surface area (Å²) in [6, 6.07) is 0. The van der Waals surface area contributed by atoms with Crippen LogP contribution in [-0.2, 0) is 9.47 Å². The Morgan fingerprint density at radius 3 is 2.14 bits per heavy atom. The minimum Gasteiger partial charge on any atom is -0.341 e. The third-order valence-corrected chi connectivity index (χ3v) is 5.58. The van der Waals surface area contributed by atoms with Crippen LogP contribution in [0.25, 0.3) is 0 Å². The molecule has 0 aromatic heterocycles. The first-order chi connectivity index (χ1) is 9.45. The van der Waals surface area contributed by atoms with Gasteiger partial charge in [-0.2, -0.15) is 22.0 Å². The molecular weight excluding hydrogens is 295 g/mol. The smallest absolute Gasteiger partial charge is 0.341 e. The van der Waals surface area contributed by atoms with Crippen molar-refractivity contribution in [2.45, 2.75) is 50.2 Å². The fourth-order valence-corrected chi connectivity index (χ4v) is 4.30. The molecule has 1 saturated carbocycles. The molecule has 120 valence electrons. The Kier molecular flexibility index (Phi) is 2.75. The average Bonchev–Trinajstić information content (AvgIpc) is 2.96. The summed E-state index contributed by atoms with van der Waals surface area (Å²) in [6.45, 7) is 2.29. The SMILES string of the molecule is COC1(C(F)(F)F)OC2(CC3C=CC2C3)C(C)(C)C1(F)F. The summed E-state index contributed by atoms with van der Waals surface area (Å²) in [5, 5.41) is 0. The van der Waals surface area contributed by atoms with Gasteiger partial charge >= 0.3 is 17.9 Å². The Hall–Kier alpha value is -0.690. The van der Waals surface area contributed by atoms with Gasteiger partial charge in [-0.05, 0) is 18.8 Å². The van der Waals surface area contributed by atoms with E-state index in [9.17, 15) is 22.0 Å². The van der Waals surface area contributed by atoms with Crippen LogP contribution in [0.4, 0.5) is 22.0 Å². The fraction of sp³-hybridized carbons (Fsp3) is 0.857. The van der Waals surface area contributed by atoms with E-state index < -0.39 is 34.8 Å². The Morgan fingerprint density at radius 1 is 1.19 bits per heavy atom. The van der Waals surface area contributed by atoms with Crippen LogP contribution < -0.4 is 0 Å². The zero-order valence-electron chi connectivity index (χ0n) is 11.9. The van der Waals surface area contributed by atoms with Crippen molar-refractivity contribution >= 4 is 0 Å². The van der Waals surface area contributed by atoms with Gasteiger partial charge in [0.1, 0.15) is 0 Å². The lowest BCUT2D eigenvalue weighted by Crippen LogP contribution is -2.61. The Balaban J connectivity index is 2.18. The van der Waals surface area contributed by atoms with E-state index in [1.54, 1.807) is 6.08 Å². The molecule has 0 N–H and O–H groups in total. The second kappa shape index (κ2) is 3.79. The van der Waals surface area contributed by atoms with Crippen LogP contribution >= 0.6 is 0 Å². The number of methoxy groups -OCH3 is 1. The molecule has 2 bridgehead atoms. The maximum atomic E-state index is 14.8. The maximum Gasteiger partial charge on any atom is 0.449 e. The van der Waals surface area contributed by atoms with Gasteiger partial charge in [0.15, 0.2) is 0 Å². The minimum atomic E-state index is -5.32. The van der Waals surface area contributed by atoms with Gasteiger partial charge in [-0.1, -0.05) is 26.0 Å². The van der Waals surface area contributed by atoms with E-state index in [0.717, 1.165) is 13.8 Å². The van der Waals surface area contributed by atoms with Crippen molar-refractivity contribution < 1.29 is 31.4 Å². The second-order valence-corrected chi connectivity index (χ2v) is 6.70. The number of hydrogen-bond acceptors (Lipinski definition) is 2. The van der Waals surface area contributed by atoms with E-state index in [4.69, 9.17) is 4.74 Å². The predicted octanol–water partition coefficient (Wildman–Crippen LogP) is 3.92. The van der Waals surface area contributed by atoms with Crippen LogP contribution in [0.15, 0.2) is 12.2 Å². The Morgan fingerprint density at radius 2 is 1.81 bits per heavy atom. The third kappa shape index (κ3) is 1.40. The number of alkyl halides is 5. The summed E-state index contributed by atoms with van der Waals surface area (Å²) in [5.74, 6) is -8.53. The van der Waals surface area contributed by atoms with Crippen molar-refractivity contribution in [3.8, 4) is 0 Å². The summed E-state index contributed by atoms with van der Waals surface area (Å²) in [4.78, 5) is 0. The van der Waals surface area contributed by atoms with Gasteiger partial charge in [0, 0.05) is 13.0 Å². The largest absolute Gasteiger partial charge is 0.449 e. The lowest BCUT2D eigenvalue weighted by molar-refractivity contribution is -0.423. The Labute approximate surface area is 119 Å². The average molecular weight is 312 g/mol. The van der Waals surface area contributed by atoms with E-state index in [-0.39, 0.29) is 12.3 Å². The molecule has 0 amide bonds. The lowest BCUT2D eigenvalue weighted by Gasteiger charge is -2.42. The highest BCUT2D eigenvalue weighted by Crippen LogP contribution is 2.71. The minimum absolute atomic E-state index is 0.00837. The molecule has 3 aliphatic rings. The molecule has 1 heterocycles. The van der Waals surface area contributed by atoms with Crippen LogP contribution in [0, 0.1) is 17.3 Å². The van der Waals surface area contributed by atoms with Crippen molar-refractivity contribution in [2.75, 3.05) is 7.11 Å². The first kappa shape index (κ1) is 15.2. The number of hydrogen-bond donors (Lipinski definition) is 0. The van der Waals surface area contributed by atoms with Crippen molar-refractivity contribution in [1.82, 2.24) is 0 Å². The molecule has 3 rings (SSSR count). The number of allylic oxidation sites excluding steroid dienone is 1. The molecule has 0 aromatic carbocycles. The molecule has 1 aliphatic heterocycles. The first-order valence-corrected chi connectivity index (χ1v) is 6.83. The van der Waals surface area contributed by atoms with Gasteiger partial charge in [-0.25, -0.2) is 0 Å². The van der Waals surface area contributed by atoms with Gasteiger partial charge in [0.25, 0.3) is 0 Å². The zero-order chi connectivity index (χ0) is 15.9. The highest BCUT2D eigenvalue weighted by atomic mass is 19.4. The molecule has 21 heavy (non-hydrogen) atoms. The molecule has 4 atom stereocenters. The van der Waals surface area contributed by atoms with Crippen LogP contribution in [0.1, 0.15) is 26.7 Å². The molecule has 2 fully saturated rings. The third-order valence-electron chi connectivity index (χ3n) is 5.58. The quantitative estimate of drug-likeness (QED) is 0.540. The van der Waals surface area contributed by atoms with Crippen molar-refractivity contribution in [1.29, 1.82) is 0 Å². The highest BCUT2D eigenvalue weighted by molar-refractivity contribution is 5.28. The number of ether oxygens (including phenoxy) is 2. The Bertz CT molecular complexity index is 498. The fourth-order valence-electron chi connectivity index (χ4n) is 4.30. The first-order valence-electron chi connectivity index (χ1n) is 6.83. The van der Waals surface area contributed by atoms with Gasteiger partial charge in [0.05, 0.1) is 11.0 Å². The van der Waals surface area contributed by atoms with Gasteiger partial charge in [0.2, 0.25) is 0 Å². The van der Waals surface area contributed by atoms with E-state index in [1.807, 2.05) is 6.08 Å². The van der Waals surface area contributed by atoms with Crippen molar-refractivity contribution in [3.05, 3.63) is 12.2 Å². The van der Waals surface area contributed by atoms with Gasteiger partial charge in [-0.3, -0.25) is 0 Å². The van der Waals surface area contributed by atoms with Crippen LogP contribution in [0.3, 0.4) is 0 Å². The van der Waals surface area contributed by atoms with E-state index in [0.29, 0.717) is 13.5 Å². The standard InChI is InChI=1S/C14H17F5O2/c1-10(2)11(7-8-4-5-9(11)6-8)21-13(20-3,12(10,15)16)14(17,18)19/h4-5,8-9H,6-7H2,1-3H3. The number of fused-ring (bicyclic) bond motifs is 3. The van der Waals surface area contributed by atoms with Gasteiger partial charge < -0.3 is 9.47 Å². The molecule has 2 aliphatic carbocycles. The lowest BCUT2D eigenvalue weighted by atomic mass is 9.65. The monoisotopic (exact) mass is 312 g/mol. The van der Waals surface area contributed by atoms with Gasteiger partial charge in [-0.15, -0.1) is 0 Å². The topological polar surface area (TPSA) is 18.5 Å².